The maximum atomic E-state index is 12.6. The summed E-state index contributed by atoms with van der Waals surface area (Å²) in [5.74, 6) is -12.4. The summed E-state index contributed by atoms with van der Waals surface area (Å²) in [6.45, 7) is 0.736. The van der Waals surface area contributed by atoms with Crippen molar-refractivity contribution in [2.45, 2.75) is 128 Å². The predicted molar refractivity (Wildman–Crippen MR) is 207 cm³/mol. The lowest BCUT2D eigenvalue weighted by atomic mass is 9.91. The monoisotopic (exact) mass is 851 g/mol. The highest BCUT2D eigenvalue weighted by Gasteiger charge is 2.28. The Bertz CT molecular complexity index is 1650. The fourth-order valence-corrected chi connectivity index (χ4v) is 6.17. The first-order valence-electron chi connectivity index (χ1n) is 19.7. The van der Waals surface area contributed by atoms with Crippen LogP contribution in [-0.4, -0.2) is 125 Å². The number of rotatable bonds is 35. The fraction of sp³-hybridized carbons (Fsp3) is 0.641. The number of carbonyl (C=O) groups is 11. The van der Waals surface area contributed by atoms with Gasteiger partial charge in [-0.05, 0) is 58.3 Å². The number of H-pyrrole nitrogens is 1. The number of aliphatic hydroxyl groups is 1. The number of aliphatic hydroxyl groups excluding tert-OH is 1. The molecule has 0 aliphatic carbocycles. The third-order valence-corrected chi connectivity index (χ3v) is 9.70. The average Bonchev–Trinajstić information content (AvgIpc) is 3.71. The number of unbranched alkanes of at least 4 members (excludes halogenated alkanes) is 1. The Hall–Kier alpha value is -5.86. The van der Waals surface area contributed by atoms with E-state index in [0.29, 0.717) is 25.7 Å². The van der Waals surface area contributed by atoms with Crippen LogP contribution in [0.3, 0.4) is 0 Å². The third-order valence-electron chi connectivity index (χ3n) is 9.70. The van der Waals surface area contributed by atoms with E-state index in [1.165, 1.54) is 13.3 Å². The summed E-state index contributed by atoms with van der Waals surface area (Å²) in [6, 6.07) is -3.05. The molecule has 0 saturated heterocycles. The number of carboxylic acid groups (broad SMARTS) is 4. The minimum atomic E-state index is -1.55. The van der Waals surface area contributed by atoms with Gasteiger partial charge in [0.15, 0.2) is 5.78 Å². The molecule has 0 saturated carbocycles. The quantitative estimate of drug-likeness (QED) is 0.0426. The standard InChI is InChI=1S/C39H57N5O16/c1-23(46)18-25(36(53)54)6-14-34(51)43-30(38(57)58)12-11-29(48)19-26(37(55)56)7-15-35(52)44-31(39(59)60)13-16-33(50)41-17-3-2-4-24(32(49)21-45)5-9-28(47)10-8-27-20-40-22-42-27/h20,22,24-26,30-31,45H,2-19,21H2,1H3,(H,40,42)(H,41,50)(H,43,51)(H,44,52)(H,53,54)(H,55,56)(H,57,58)(H,59,60)/t24-,25-,26-,30+,31+/m1/s1. The molecule has 1 heterocycles. The zero-order valence-corrected chi connectivity index (χ0v) is 33.7. The number of ketones is 4. The van der Waals surface area contributed by atoms with Gasteiger partial charge in [0.25, 0.3) is 0 Å². The molecule has 0 spiro atoms. The fourth-order valence-electron chi connectivity index (χ4n) is 6.17. The smallest absolute Gasteiger partial charge is 0.326 e. The molecule has 9 N–H and O–H groups in total. The predicted octanol–water partition coefficient (Wildman–Crippen LogP) is 0.755. The number of aromatic amines is 1. The van der Waals surface area contributed by atoms with Crippen LogP contribution in [0.15, 0.2) is 12.5 Å². The number of carboxylic acids is 4. The van der Waals surface area contributed by atoms with Crippen LogP contribution in [0, 0.1) is 17.8 Å². The number of carbonyl (C=O) groups excluding carboxylic acids is 7. The van der Waals surface area contributed by atoms with Gasteiger partial charge in [0.2, 0.25) is 17.7 Å². The second-order valence-corrected chi connectivity index (χ2v) is 14.6. The van der Waals surface area contributed by atoms with Gasteiger partial charge in [-0.3, -0.25) is 38.4 Å². The zero-order valence-electron chi connectivity index (χ0n) is 33.7. The Balaban J connectivity index is 2.48. The maximum Gasteiger partial charge on any atom is 0.326 e. The van der Waals surface area contributed by atoms with Crippen molar-refractivity contribution < 1.29 is 78.3 Å². The number of hydrogen-bond acceptors (Lipinski definition) is 13. The molecule has 3 amide bonds. The number of aliphatic carboxylic acids is 4. The van der Waals surface area contributed by atoms with Gasteiger partial charge in [-0.1, -0.05) is 6.42 Å². The number of aryl methyl sites for hydroxylation is 1. The van der Waals surface area contributed by atoms with Gasteiger partial charge < -0.3 is 51.3 Å². The van der Waals surface area contributed by atoms with E-state index in [9.17, 15) is 78.3 Å². The summed E-state index contributed by atoms with van der Waals surface area (Å²) in [5.41, 5.74) is 0.821. The van der Waals surface area contributed by atoms with Crippen LogP contribution < -0.4 is 16.0 Å². The largest absolute Gasteiger partial charge is 0.481 e. The highest BCUT2D eigenvalue weighted by atomic mass is 16.4. The van der Waals surface area contributed by atoms with Crippen molar-refractivity contribution >= 4 is 64.7 Å². The van der Waals surface area contributed by atoms with E-state index in [2.05, 4.69) is 25.9 Å². The molecule has 1 aromatic heterocycles. The summed E-state index contributed by atoms with van der Waals surface area (Å²) < 4.78 is 0. The van der Waals surface area contributed by atoms with E-state index in [1.54, 1.807) is 6.20 Å². The van der Waals surface area contributed by atoms with Gasteiger partial charge >= 0.3 is 23.9 Å². The number of hydrogen-bond donors (Lipinski definition) is 9. The normalized spacial score (nSPS) is 13.4. The first-order chi connectivity index (χ1) is 28.3. The van der Waals surface area contributed by atoms with Gasteiger partial charge in [-0.2, -0.15) is 0 Å². The van der Waals surface area contributed by atoms with Crippen molar-refractivity contribution in [3.05, 3.63) is 18.2 Å². The topological polar surface area (TPSA) is 354 Å². The van der Waals surface area contributed by atoms with Crippen molar-refractivity contribution in [2.75, 3.05) is 13.2 Å². The van der Waals surface area contributed by atoms with Crippen LogP contribution >= 0.6 is 0 Å². The van der Waals surface area contributed by atoms with Gasteiger partial charge in [-0.25, -0.2) is 14.6 Å². The third kappa shape index (κ3) is 22.9. The van der Waals surface area contributed by atoms with Gasteiger partial charge in [0, 0.05) is 75.7 Å². The molecule has 0 aliphatic rings. The molecule has 0 bridgehead atoms. The second-order valence-electron chi connectivity index (χ2n) is 14.6. The van der Waals surface area contributed by atoms with E-state index in [1.807, 2.05) is 0 Å². The summed E-state index contributed by atoms with van der Waals surface area (Å²) in [6.07, 6.45) is 1.87. The molecule has 334 valence electrons. The Morgan fingerprint density at radius 1 is 0.600 bits per heavy atom. The van der Waals surface area contributed by atoms with Crippen molar-refractivity contribution in [1.82, 2.24) is 25.9 Å². The van der Waals surface area contributed by atoms with Crippen LogP contribution in [0.25, 0.3) is 0 Å². The van der Waals surface area contributed by atoms with E-state index in [4.69, 9.17) is 0 Å². The lowest BCUT2D eigenvalue weighted by molar-refractivity contribution is -0.145. The highest BCUT2D eigenvalue weighted by Crippen LogP contribution is 2.19. The second kappa shape index (κ2) is 28.5. The summed E-state index contributed by atoms with van der Waals surface area (Å²) in [7, 11) is 0. The van der Waals surface area contributed by atoms with Crippen LogP contribution in [0.4, 0.5) is 0 Å². The Morgan fingerprint density at radius 2 is 1.12 bits per heavy atom. The molecule has 0 unspecified atom stereocenters. The molecule has 1 rings (SSSR count). The SMILES string of the molecule is CC(=O)C[C@@H](CCC(=O)N[C@@H](CCC(=O)C[C@@H](CCC(=O)N[C@@H](CCC(=O)NCCCC[C@H](CCC(=O)CCc1cnc[nH]1)C(=O)CO)C(=O)O)C(=O)O)C(=O)O)C(=O)O. The Morgan fingerprint density at radius 3 is 1.62 bits per heavy atom. The van der Waals surface area contributed by atoms with Crippen LogP contribution in [0.5, 0.6) is 0 Å². The van der Waals surface area contributed by atoms with Crippen LogP contribution in [-0.2, 0) is 59.2 Å². The van der Waals surface area contributed by atoms with Crippen LogP contribution in [0.2, 0.25) is 0 Å². The molecule has 0 radical (unpaired) electrons. The number of amides is 3. The molecule has 21 heteroatoms. The molecule has 0 aliphatic heterocycles. The van der Waals surface area contributed by atoms with Gasteiger partial charge in [0.05, 0.1) is 18.2 Å². The maximum absolute atomic E-state index is 12.6. The van der Waals surface area contributed by atoms with Crippen molar-refractivity contribution in [1.29, 1.82) is 0 Å². The van der Waals surface area contributed by atoms with Crippen molar-refractivity contribution in [3.63, 3.8) is 0 Å². The van der Waals surface area contributed by atoms with E-state index in [-0.39, 0.29) is 69.5 Å². The van der Waals surface area contributed by atoms with E-state index < -0.39 is 122 Å². The minimum Gasteiger partial charge on any atom is -0.481 e. The minimum absolute atomic E-state index is 0.0235. The molecule has 0 fully saturated rings. The molecule has 60 heavy (non-hydrogen) atoms. The zero-order chi connectivity index (χ0) is 45.2. The van der Waals surface area contributed by atoms with Crippen molar-refractivity contribution in [2.24, 2.45) is 17.8 Å². The lowest BCUT2D eigenvalue weighted by Gasteiger charge is -2.17. The number of nitrogens with one attached hydrogen (secondary N) is 4. The Kier molecular flexibility index (Phi) is 24.8. The molecule has 0 aromatic carbocycles. The summed E-state index contributed by atoms with van der Waals surface area (Å²) >= 11 is 0. The van der Waals surface area contributed by atoms with Gasteiger partial charge in [-0.15, -0.1) is 0 Å². The number of Topliss-reactive ketones (excluding diaryl/α,β-unsaturated/α-hetero) is 4. The first kappa shape index (κ1) is 52.2. The number of imidazole rings is 1. The average molecular weight is 852 g/mol. The molecule has 1 aromatic rings. The summed E-state index contributed by atoms with van der Waals surface area (Å²) in [5, 5.41) is 54.3. The van der Waals surface area contributed by atoms with Crippen LogP contribution in [0.1, 0.15) is 115 Å². The highest BCUT2D eigenvalue weighted by molar-refractivity contribution is 5.88. The Labute approximate surface area is 345 Å². The number of aromatic nitrogens is 2. The van der Waals surface area contributed by atoms with E-state index >= 15 is 0 Å². The first-order valence-corrected chi connectivity index (χ1v) is 19.7. The molecular weight excluding hydrogens is 794 g/mol. The molecule has 21 nitrogen and oxygen atoms in total. The summed E-state index contributed by atoms with van der Waals surface area (Å²) in [4.78, 5) is 139. The lowest BCUT2D eigenvalue weighted by Crippen LogP contribution is -2.42. The number of nitrogens with zero attached hydrogens (tertiary/aromatic N) is 1. The molecular formula is C39H57N5O16. The molecule has 5 atom stereocenters. The van der Waals surface area contributed by atoms with Crippen molar-refractivity contribution in [3.8, 4) is 0 Å². The van der Waals surface area contributed by atoms with Gasteiger partial charge in [0.1, 0.15) is 36.0 Å². The van der Waals surface area contributed by atoms with E-state index in [0.717, 1.165) is 5.69 Å².